The number of pyridine rings is 1. The molecular weight excluding hydrogens is 455 g/mol. The van der Waals surface area contributed by atoms with E-state index in [-0.39, 0.29) is 22.7 Å². The standard InChI is InChI=1S/C21H17F5N2O3S/c1-12-7-14(8-13(2)27-12)17-10-16(28-32(29,30)11-21(24,25)26)4-6-19(17)31-20-5-3-15(22)9-18(20)23/h3-10,28H,11H2,1-2H3. The number of alkyl halides is 3. The first kappa shape index (κ1) is 23.5. The Labute approximate surface area is 180 Å². The van der Waals surface area contributed by atoms with Gasteiger partial charge >= 0.3 is 6.18 Å². The quantitative estimate of drug-likeness (QED) is 0.465. The molecule has 0 amide bonds. The minimum absolute atomic E-state index is 0.0688. The molecule has 0 spiro atoms. The van der Waals surface area contributed by atoms with Crippen LogP contribution in [0.5, 0.6) is 11.5 Å². The topological polar surface area (TPSA) is 68.3 Å². The summed E-state index contributed by atoms with van der Waals surface area (Å²) in [6.07, 6.45) is -4.92. The molecule has 32 heavy (non-hydrogen) atoms. The Morgan fingerprint density at radius 2 is 1.56 bits per heavy atom. The smallest absolute Gasteiger partial charge is 0.404 e. The largest absolute Gasteiger partial charge is 0.454 e. The van der Waals surface area contributed by atoms with Crippen LogP contribution in [0, 0.1) is 25.5 Å². The van der Waals surface area contributed by atoms with Crippen LogP contribution in [-0.2, 0) is 10.0 Å². The average Bonchev–Trinajstić information content (AvgIpc) is 2.62. The zero-order chi connectivity index (χ0) is 23.7. The molecule has 1 heterocycles. The van der Waals surface area contributed by atoms with Crippen LogP contribution in [0.2, 0.25) is 0 Å². The fraction of sp³-hybridized carbons (Fsp3) is 0.190. The van der Waals surface area contributed by atoms with Crippen LogP contribution < -0.4 is 9.46 Å². The molecule has 170 valence electrons. The molecule has 5 nitrogen and oxygen atoms in total. The van der Waals surface area contributed by atoms with Gasteiger partial charge in [0.15, 0.2) is 17.3 Å². The second kappa shape index (κ2) is 8.73. The third-order valence-electron chi connectivity index (χ3n) is 4.11. The Bertz CT molecular complexity index is 1240. The molecular formula is C21H17F5N2O3S. The fourth-order valence-electron chi connectivity index (χ4n) is 3.01. The molecule has 0 aliphatic carbocycles. The minimum atomic E-state index is -4.92. The highest BCUT2D eigenvalue weighted by Gasteiger charge is 2.35. The van der Waals surface area contributed by atoms with Crippen LogP contribution in [0.3, 0.4) is 0 Å². The van der Waals surface area contributed by atoms with Crippen LogP contribution >= 0.6 is 0 Å². The lowest BCUT2D eigenvalue weighted by Gasteiger charge is -2.16. The van der Waals surface area contributed by atoms with Gasteiger partial charge in [-0.05, 0) is 61.9 Å². The fourth-order valence-corrected chi connectivity index (χ4v) is 3.99. The Morgan fingerprint density at radius 1 is 0.938 bits per heavy atom. The van der Waals surface area contributed by atoms with E-state index in [1.807, 2.05) is 4.72 Å². The molecule has 0 bridgehead atoms. The number of hydrogen-bond donors (Lipinski definition) is 1. The average molecular weight is 472 g/mol. The molecule has 2 aromatic carbocycles. The van der Waals surface area contributed by atoms with Gasteiger partial charge in [0.25, 0.3) is 0 Å². The number of anilines is 1. The lowest BCUT2D eigenvalue weighted by Crippen LogP contribution is -2.27. The lowest BCUT2D eigenvalue weighted by atomic mass is 10.0. The molecule has 0 aliphatic heterocycles. The van der Waals surface area contributed by atoms with Gasteiger partial charge in [0.05, 0.1) is 0 Å². The summed E-state index contributed by atoms with van der Waals surface area (Å²) in [4.78, 5) is 4.24. The summed E-state index contributed by atoms with van der Waals surface area (Å²) < 4.78 is 96.1. The van der Waals surface area contributed by atoms with Crippen molar-refractivity contribution in [3.8, 4) is 22.6 Å². The van der Waals surface area contributed by atoms with E-state index >= 15 is 0 Å². The molecule has 0 unspecified atom stereocenters. The maximum Gasteiger partial charge on any atom is 0.404 e. The molecule has 3 rings (SSSR count). The normalized spacial score (nSPS) is 12.0. The van der Waals surface area contributed by atoms with Gasteiger partial charge < -0.3 is 4.74 Å². The third-order valence-corrected chi connectivity index (χ3v) is 5.37. The molecule has 0 atom stereocenters. The second-order valence-electron chi connectivity index (χ2n) is 7.00. The first-order chi connectivity index (χ1) is 14.8. The number of halogens is 5. The van der Waals surface area contributed by atoms with Gasteiger partial charge in [-0.3, -0.25) is 9.71 Å². The van der Waals surface area contributed by atoms with Crippen LogP contribution in [-0.4, -0.2) is 25.3 Å². The molecule has 0 fully saturated rings. The zero-order valence-electron chi connectivity index (χ0n) is 16.8. The number of aromatic nitrogens is 1. The van der Waals surface area contributed by atoms with Crippen molar-refractivity contribution in [3.05, 3.63) is 71.6 Å². The first-order valence-corrected chi connectivity index (χ1v) is 10.8. The predicted molar refractivity (Wildman–Crippen MR) is 109 cm³/mol. The van der Waals surface area contributed by atoms with Gasteiger partial charge in [-0.1, -0.05) is 0 Å². The SMILES string of the molecule is Cc1cc(-c2cc(NS(=O)(=O)CC(F)(F)F)ccc2Oc2ccc(F)cc2F)cc(C)n1. The van der Waals surface area contributed by atoms with Crippen molar-refractivity contribution in [2.24, 2.45) is 0 Å². The van der Waals surface area contributed by atoms with E-state index in [2.05, 4.69) is 4.98 Å². The maximum atomic E-state index is 14.1. The third kappa shape index (κ3) is 6.16. The van der Waals surface area contributed by atoms with Crippen LogP contribution in [0.15, 0.2) is 48.5 Å². The number of ether oxygens (including phenoxy) is 1. The number of aryl methyl sites for hydroxylation is 2. The first-order valence-electron chi connectivity index (χ1n) is 9.11. The molecule has 0 saturated heterocycles. The van der Waals surface area contributed by atoms with Crippen molar-refractivity contribution >= 4 is 15.7 Å². The number of nitrogens with zero attached hydrogens (tertiary/aromatic N) is 1. The molecule has 3 aromatic rings. The Hall–Kier alpha value is -3.21. The van der Waals surface area contributed by atoms with E-state index < -0.39 is 33.6 Å². The molecule has 1 aromatic heterocycles. The zero-order valence-corrected chi connectivity index (χ0v) is 17.6. The van der Waals surface area contributed by atoms with Crippen LogP contribution in [0.25, 0.3) is 11.1 Å². The number of sulfonamides is 1. The summed E-state index contributed by atoms with van der Waals surface area (Å²) in [5.41, 5.74) is 1.84. The Balaban J connectivity index is 2.07. The lowest BCUT2D eigenvalue weighted by molar-refractivity contribution is -0.106. The number of nitrogens with one attached hydrogen (secondary N) is 1. The van der Waals surface area contributed by atoms with E-state index in [0.29, 0.717) is 23.0 Å². The highest BCUT2D eigenvalue weighted by molar-refractivity contribution is 7.92. The Kier molecular flexibility index (Phi) is 6.40. The van der Waals surface area contributed by atoms with Gasteiger partial charge in [0.2, 0.25) is 10.0 Å². The number of hydrogen-bond acceptors (Lipinski definition) is 4. The molecule has 0 radical (unpaired) electrons. The summed E-state index contributed by atoms with van der Waals surface area (Å²) in [6.45, 7) is 3.43. The van der Waals surface area contributed by atoms with Gasteiger partial charge in [0.1, 0.15) is 11.6 Å². The maximum absolute atomic E-state index is 14.1. The van der Waals surface area contributed by atoms with Crippen molar-refractivity contribution in [2.75, 3.05) is 10.5 Å². The van der Waals surface area contributed by atoms with Gasteiger partial charge in [-0.25, -0.2) is 17.2 Å². The van der Waals surface area contributed by atoms with Crippen molar-refractivity contribution in [1.82, 2.24) is 4.98 Å². The van der Waals surface area contributed by atoms with E-state index in [1.165, 1.54) is 18.2 Å². The van der Waals surface area contributed by atoms with Gasteiger partial charge in [-0.2, -0.15) is 13.2 Å². The van der Waals surface area contributed by atoms with Gasteiger partial charge in [-0.15, -0.1) is 0 Å². The second-order valence-corrected chi connectivity index (χ2v) is 8.72. The van der Waals surface area contributed by atoms with Crippen molar-refractivity contribution in [3.63, 3.8) is 0 Å². The predicted octanol–water partition coefficient (Wildman–Crippen LogP) is 5.74. The van der Waals surface area contributed by atoms with Crippen molar-refractivity contribution in [1.29, 1.82) is 0 Å². The van der Waals surface area contributed by atoms with E-state index in [0.717, 1.165) is 12.1 Å². The highest BCUT2D eigenvalue weighted by Crippen LogP contribution is 2.37. The molecule has 0 saturated carbocycles. The molecule has 11 heteroatoms. The van der Waals surface area contributed by atoms with Crippen molar-refractivity contribution in [2.45, 2.75) is 20.0 Å². The summed E-state index contributed by atoms with van der Waals surface area (Å²) in [6, 6.07) is 9.71. The summed E-state index contributed by atoms with van der Waals surface area (Å²) >= 11 is 0. The van der Waals surface area contributed by atoms with Crippen molar-refractivity contribution < 1.29 is 35.1 Å². The monoisotopic (exact) mass is 472 g/mol. The number of benzene rings is 2. The van der Waals surface area contributed by atoms with E-state index in [4.69, 9.17) is 4.74 Å². The minimum Gasteiger partial charge on any atom is -0.454 e. The van der Waals surface area contributed by atoms with E-state index in [1.54, 1.807) is 26.0 Å². The highest BCUT2D eigenvalue weighted by atomic mass is 32.2. The summed E-state index contributed by atoms with van der Waals surface area (Å²) in [5, 5.41) is 0. The number of rotatable bonds is 6. The van der Waals surface area contributed by atoms with Gasteiger partial charge in [0, 0.05) is 28.7 Å². The molecule has 1 N–H and O–H groups in total. The molecule has 0 aliphatic rings. The summed E-state index contributed by atoms with van der Waals surface area (Å²) in [7, 11) is -4.72. The van der Waals surface area contributed by atoms with E-state index in [9.17, 15) is 30.4 Å². The Morgan fingerprint density at radius 3 is 2.16 bits per heavy atom. The van der Waals surface area contributed by atoms with Crippen LogP contribution in [0.4, 0.5) is 27.6 Å². The summed E-state index contributed by atoms with van der Waals surface area (Å²) in [5.74, 6) is -4.04. The van der Waals surface area contributed by atoms with Crippen LogP contribution in [0.1, 0.15) is 11.4 Å².